The lowest BCUT2D eigenvalue weighted by molar-refractivity contribution is 0.0933. The average Bonchev–Trinajstić information content (AvgIpc) is 3.24. The van der Waals surface area contributed by atoms with Crippen LogP contribution in [0.15, 0.2) is 66.9 Å². The molecule has 38 heavy (non-hydrogen) atoms. The Morgan fingerprint density at radius 1 is 1.11 bits per heavy atom. The molecule has 0 fully saturated rings. The normalized spacial score (nSPS) is 16.2. The van der Waals surface area contributed by atoms with Crippen LogP contribution in [0.3, 0.4) is 0 Å². The first-order valence-corrected chi connectivity index (χ1v) is 14.1. The summed E-state index contributed by atoms with van der Waals surface area (Å²) in [5.41, 5.74) is 2.70. The van der Waals surface area contributed by atoms with Gasteiger partial charge in [-0.15, -0.1) is 0 Å². The van der Waals surface area contributed by atoms with Gasteiger partial charge in [0.15, 0.2) is 15.5 Å². The second kappa shape index (κ2) is 10.3. The summed E-state index contributed by atoms with van der Waals surface area (Å²) in [5.74, 6) is -1.64. The third kappa shape index (κ3) is 5.36. The van der Waals surface area contributed by atoms with E-state index in [1.807, 2.05) is 6.07 Å². The maximum atomic E-state index is 13.5. The van der Waals surface area contributed by atoms with E-state index in [0.717, 1.165) is 0 Å². The van der Waals surface area contributed by atoms with Gasteiger partial charge in [0.2, 0.25) is 0 Å². The van der Waals surface area contributed by atoms with Crippen molar-refractivity contribution in [1.29, 1.82) is 0 Å². The zero-order valence-electron chi connectivity index (χ0n) is 20.0. The van der Waals surface area contributed by atoms with E-state index < -0.39 is 27.6 Å². The number of carbonyl (C=O) groups excluding carboxylic acids is 1. The largest absolute Gasteiger partial charge is 0.343 e. The molecule has 194 valence electrons. The Bertz CT molecular complexity index is 1670. The fourth-order valence-corrected chi connectivity index (χ4v) is 6.34. The molecule has 0 radical (unpaired) electrons. The minimum atomic E-state index is -3.64. The number of pyridine rings is 1. The van der Waals surface area contributed by atoms with Crippen LogP contribution in [0.5, 0.6) is 0 Å². The van der Waals surface area contributed by atoms with Gasteiger partial charge in [0.05, 0.1) is 39.6 Å². The van der Waals surface area contributed by atoms with E-state index in [1.165, 1.54) is 16.8 Å². The van der Waals surface area contributed by atoms with Crippen molar-refractivity contribution in [1.82, 2.24) is 20.1 Å². The Kier molecular flexibility index (Phi) is 7.09. The van der Waals surface area contributed by atoms with Gasteiger partial charge in [-0.3, -0.25) is 9.78 Å². The van der Waals surface area contributed by atoms with Gasteiger partial charge in [0.25, 0.3) is 5.91 Å². The summed E-state index contributed by atoms with van der Waals surface area (Å²) in [7, 11) is -3.64. The van der Waals surface area contributed by atoms with E-state index in [9.17, 15) is 17.6 Å². The molecule has 5 rings (SSSR count). The van der Waals surface area contributed by atoms with Gasteiger partial charge in [-0.2, -0.15) is 5.10 Å². The van der Waals surface area contributed by atoms with Crippen molar-refractivity contribution in [2.45, 2.75) is 18.7 Å². The number of hydrogen-bond donors (Lipinski definition) is 1. The van der Waals surface area contributed by atoms with Gasteiger partial charge >= 0.3 is 0 Å². The first-order valence-electron chi connectivity index (χ1n) is 11.6. The number of rotatable bonds is 5. The van der Waals surface area contributed by atoms with E-state index in [2.05, 4.69) is 15.4 Å². The number of aromatic nitrogens is 3. The zero-order chi connectivity index (χ0) is 27.0. The molecule has 1 aliphatic heterocycles. The van der Waals surface area contributed by atoms with Crippen LogP contribution in [0, 0.1) is 5.82 Å². The van der Waals surface area contributed by atoms with Gasteiger partial charge in [-0.25, -0.2) is 17.5 Å². The second-order valence-electron chi connectivity index (χ2n) is 8.89. The van der Waals surface area contributed by atoms with Crippen LogP contribution < -0.4 is 5.32 Å². The molecule has 7 nitrogen and oxygen atoms in total. The van der Waals surface area contributed by atoms with Crippen molar-refractivity contribution in [2.24, 2.45) is 0 Å². The molecule has 2 aromatic carbocycles. The highest BCUT2D eigenvalue weighted by Gasteiger charge is 2.35. The predicted molar refractivity (Wildman–Crippen MR) is 145 cm³/mol. The molecule has 0 unspecified atom stereocenters. The Morgan fingerprint density at radius 2 is 1.87 bits per heavy atom. The van der Waals surface area contributed by atoms with Crippen molar-refractivity contribution in [2.75, 3.05) is 5.75 Å². The second-order valence-corrected chi connectivity index (χ2v) is 11.8. The summed E-state index contributed by atoms with van der Waals surface area (Å²) >= 11 is 12.6. The van der Waals surface area contributed by atoms with Gasteiger partial charge in [-0.05, 0) is 66.6 Å². The number of fused-ring (bicyclic) bond motifs is 1. The molecule has 1 atom stereocenters. The molecule has 0 aliphatic carbocycles. The van der Waals surface area contributed by atoms with Gasteiger partial charge in [0.1, 0.15) is 5.82 Å². The Hall–Kier alpha value is -3.53. The van der Waals surface area contributed by atoms with Crippen molar-refractivity contribution < 1.29 is 17.6 Å². The summed E-state index contributed by atoms with van der Waals surface area (Å²) in [4.78, 5) is 17.7. The molecule has 11 heteroatoms. The fourth-order valence-electron chi connectivity index (χ4n) is 4.34. The number of sulfone groups is 1. The van der Waals surface area contributed by atoms with Crippen LogP contribution in [0.25, 0.3) is 17.3 Å². The average molecular weight is 571 g/mol. The molecular weight excluding hydrogens is 550 g/mol. The molecule has 1 aliphatic rings. The molecule has 3 heterocycles. The number of carbonyl (C=O) groups is 1. The minimum Gasteiger partial charge on any atom is -0.343 e. The Balaban J connectivity index is 1.68. The molecule has 1 amide bonds. The molecule has 0 saturated carbocycles. The molecule has 0 spiro atoms. The molecule has 2 aromatic heterocycles. The third-order valence-electron chi connectivity index (χ3n) is 6.07. The van der Waals surface area contributed by atoms with E-state index in [0.29, 0.717) is 33.2 Å². The van der Waals surface area contributed by atoms with Crippen LogP contribution in [0.1, 0.15) is 46.0 Å². The van der Waals surface area contributed by atoms with Gasteiger partial charge in [0, 0.05) is 16.8 Å². The molecule has 4 aromatic rings. The molecular formula is C27H21Cl2FN4O3S. The first kappa shape index (κ1) is 26.1. The van der Waals surface area contributed by atoms with Crippen molar-refractivity contribution >= 4 is 50.6 Å². The number of nitrogens with one attached hydrogen (secondary N) is 1. The maximum absolute atomic E-state index is 13.5. The van der Waals surface area contributed by atoms with Gasteiger partial charge < -0.3 is 5.32 Å². The number of halogens is 3. The summed E-state index contributed by atoms with van der Waals surface area (Å²) < 4.78 is 41.0. The van der Waals surface area contributed by atoms with Crippen LogP contribution in [-0.2, 0) is 15.6 Å². The van der Waals surface area contributed by atoms with E-state index in [-0.39, 0.29) is 27.8 Å². The minimum absolute atomic E-state index is 0.0397. The molecule has 0 bridgehead atoms. The highest BCUT2D eigenvalue weighted by atomic mass is 35.5. The van der Waals surface area contributed by atoms with Crippen LogP contribution in [0.2, 0.25) is 10.0 Å². The van der Waals surface area contributed by atoms with E-state index in [1.54, 1.807) is 61.7 Å². The number of amides is 1. The van der Waals surface area contributed by atoms with E-state index in [4.69, 9.17) is 23.2 Å². The lowest BCUT2D eigenvalue weighted by atomic mass is 10.0. The standard InChI is InChI=1S/C27H21Cl2FN4O3S/c1-16(23-4-2-3-11-31-23)32-27(35)25-21-15-38(36,37)14-18(12-17-5-8-20(30)9-6-17)26(21)34(33-25)24-10-7-19(28)13-22(24)29/h2-13,16H,14-15H2,1H3,(H,32,35)/t16-/m1/s1. The Morgan fingerprint density at radius 3 is 2.55 bits per heavy atom. The zero-order valence-corrected chi connectivity index (χ0v) is 22.4. The number of hydrogen-bond acceptors (Lipinski definition) is 5. The SMILES string of the molecule is C[C@@H](NC(=O)c1nn(-c2ccc(Cl)cc2Cl)c2c1CS(=O)(=O)CC2=Cc1ccc(F)cc1)c1ccccn1. The van der Waals surface area contributed by atoms with E-state index >= 15 is 0 Å². The topological polar surface area (TPSA) is 94.0 Å². The van der Waals surface area contributed by atoms with Gasteiger partial charge in [-0.1, -0.05) is 41.4 Å². The Labute approximate surface area is 228 Å². The summed E-state index contributed by atoms with van der Waals surface area (Å²) in [6, 6.07) is 15.4. The highest BCUT2D eigenvalue weighted by Crippen LogP contribution is 2.37. The molecule has 0 saturated heterocycles. The maximum Gasteiger partial charge on any atom is 0.272 e. The van der Waals surface area contributed by atoms with Crippen molar-refractivity contribution in [3.63, 3.8) is 0 Å². The van der Waals surface area contributed by atoms with Crippen molar-refractivity contribution in [3.05, 3.63) is 111 Å². The van der Waals surface area contributed by atoms with Crippen molar-refractivity contribution in [3.8, 4) is 5.69 Å². The van der Waals surface area contributed by atoms with Crippen LogP contribution in [-0.4, -0.2) is 34.8 Å². The smallest absolute Gasteiger partial charge is 0.272 e. The first-order chi connectivity index (χ1) is 18.1. The summed E-state index contributed by atoms with van der Waals surface area (Å²) in [6.45, 7) is 1.77. The highest BCUT2D eigenvalue weighted by molar-refractivity contribution is 7.91. The number of benzene rings is 2. The monoisotopic (exact) mass is 570 g/mol. The fraction of sp³-hybridized carbons (Fsp3) is 0.148. The van der Waals surface area contributed by atoms with Crippen LogP contribution >= 0.6 is 23.2 Å². The number of nitrogens with zero attached hydrogens (tertiary/aromatic N) is 3. The van der Waals surface area contributed by atoms with Crippen LogP contribution in [0.4, 0.5) is 4.39 Å². The quantitative estimate of drug-likeness (QED) is 0.333. The third-order valence-corrected chi connectivity index (χ3v) is 8.09. The lowest BCUT2D eigenvalue weighted by Gasteiger charge is -2.19. The summed E-state index contributed by atoms with van der Waals surface area (Å²) in [5, 5.41) is 8.10. The predicted octanol–water partition coefficient (Wildman–Crippen LogP) is 5.67. The summed E-state index contributed by atoms with van der Waals surface area (Å²) in [6.07, 6.45) is 3.27. The lowest BCUT2D eigenvalue weighted by Crippen LogP contribution is -2.29. The molecule has 1 N–H and O–H groups in total.